The molecule has 1 heteroatoms. The molecule has 2 aromatic rings. The first-order chi connectivity index (χ1) is 7.40. The number of rotatable bonds is 1. The summed E-state index contributed by atoms with van der Waals surface area (Å²) in [5.74, 6) is 6.28. The van der Waals surface area contributed by atoms with Gasteiger partial charge in [0.2, 0.25) is 0 Å². The van der Waals surface area contributed by atoms with E-state index in [1.54, 1.807) is 11.3 Å². The summed E-state index contributed by atoms with van der Waals surface area (Å²) in [5, 5.41) is 4.08. The molecule has 0 spiro atoms. The number of hydrogen-bond donors (Lipinski definition) is 0. The molecule has 0 aliphatic carbocycles. The van der Waals surface area contributed by atoms with Gasteiger partial charge in [-0.3, -0.25) is 0 Å². The average Bonchev–Trinajstić information content (AvgIpc) is 2.79. The Morgan fingerprint density at radius 2 is 2.00 bits per heavy atom. The molecule has 1 aromatic heterocycles. The highest BCUT2D eigenvalue weighted by Crippen LogP contribution is 2.09. The minimum absolute atomic E-state index is 1.03. The predicted molar refractivity (Wildman–Crippen MR) is 66.8 cm³/mol. The third-order valence-electron chi connectivity index (χ3n) is 2.04. The quantitative estimate of drug-likeness (QED) is 0.628. The van der Waals surface area contributed by atoms with E-state index in [9.17, 15) is 0 Å². The standard InChI is InChI=1S/C14H10S/c1-2-13-5-3-4-6-14(13)8-7-12-9-10-15-11-12/h2-6,9-11H,1H2. The molecule has 0 bridgehead atoms. The van der Waals surface area contributed by atoms with Gasteiger partial charge in [-0.2, -0.15) is 11.3 Å². The van der Waals surface area contributed by atoms with Crippen LogP contribution in [0, 0.1) is 11.8 Å². The van der Waals surface area contributed by atoms with E-state index < -0.39 is 0 Å². The average molecular weight is 210 g/mol. The summed E-state index contributed by atoms with van der Waals surface area (Å²) in [7, 11) is 0. The molecule has 0 radical (unpaired) electrons. The molecule has 0 amide bonds. The molecule has 15 heavy (non-hydrogen) atoms. The Labute approximate surface area is 93.9 Å². The first kappa shape index (κ1) is 9.76. The van der Waals surface area contributed by atoms with E-state index in [1.165, 1.54) is 0 Å². The first-order valence-electron chi connectivity index (χ1n) is 4.66. The summed E-state index contributed by atoms with van der Waals surface area (Å²) in [6.07, 6.45) is 1.83. The summed E-state index contributed by atoms with van der Waals surface area (Å²) >= 11 is 1.66. The van der Waals surface area contributed by atoms with E-state index in [4.69, 9.17) is 0 Å². The zero-order valence-electron chi connectivity index (χ0n) is 8.23. The summed E-state index contributed by atoms with van der Waals surface area (Å²) in [6.45, 7) is 3.77. The lowest BCUT2D eigenvalue weighted by molar-refractivity contribution is 1.60. The van der Waals surface area contributed by atoms with Crippen LogP contribution in [0.25, 0.3) is 6.08 Å². The van der Waals surface area contributed by atoms with Crippen LogP contribution in [0.2, 0.25) is 0 Å². The monoisotopic (exact) mass is 210 g/mol. The van der Waals surface area contributed by atoms with Crippen molar-refractivity contribution in [3.8, 4) is 11.8 Å². The molecule has 2 rings (SSSR count). The Kier molecular flexibility index (Phi) is 3.02. The number of benzene rings is 1. The molecule has 0 unspecified atom stereocenters. The summed E-state index contributed by atoms with van der Waals surface area (Å²) in [4.78, 5) is 0. The second-order valence-electron chi connectivity index (χ2n) is 3.05. The Balaban J connectivity index is 2.35. The van der Waals surface area contributed by atoms with Gasteiger partial charge < -0.3 is 0 Å². The van der Waals surface area contributed by atoms with Gasteiger partial charge in [0.15, 0.2) is 0 Å². The maximum absolute atomic E-state index is 3.77. The Hall–Kier alpha value is -1.78. The lowest BCUT2D eigenvalue weighted by Gasteiger charge is -1.95. The highest BCUT2D eigenvalue weighted by atomic mass is 32.1. The van der Waals surface area contributed by atoms with Crippen LogP contribution in [-0.4, -0.2) is 0 Å². The van der Waals surface area contributed by atoms with Crippen molar-refractivity contribution in [2.45, 2.75) is 0 Å². The van der Waals surface area contributed by atoms with Gasteiger partial charge in [0.1, 0.15) is 0 Å². The molecule has 72 valence electrons. The van der Waals surface area contributed by atoms with Crippen LogP contribution in [-0.2, 0) is 0 Å². The van der Waals surface area contributed by atoms with E-state index >= 15 is 0 Å². The molecule has 0 aliphatic heterocycles. The van der Waals surface area contributed by atoms with Crippen molar-refractivity contribution in [2.75, 3.05) is 0 Å². The molecule has 0 fully saturated rings. The smallest absolute Gasteiger partial charge is 0.0356 e. The van der Waals surface area contributed by atoms with Gasteiger partial charge in [-0.15, -0.1) is 0 Å². The SMILES string of the molecule is C=Cc1ccccc1C#Cc1ccsc1. The van der Waals surface area contributed by atoms with Gasteiger partial charge in [0.05, 0.1) is 0 Å². The fourth-order valence-corrected chi connectivity index (χ4v) is 1.85. The van der Waals surface area contributed by atoms with E-state index in [0.29, 0.717) is 0 Å². The van der Waals surface area contributed by atoms with E-state index in [2.05, 4.69) is 18.4 Å². The van der Waals surface area contributed by atoms with Crippen LogP contribution in [0.4, 0.5) is 0 Å². The van der Waals surface area contributed by atoms with Gasteiger partial charge in [0, 0.05) is 16.5 Å². The highest BCUT2D eigenvalue weighted by Gasteiger charge is 1.92. The zero-order chi connectivity index (χ0) is 10.5. The first-order valence-corrected chi connectivity index (χ1v) is 5.60. The van der Waals surface area contributed by atoms with Crippen LogP contribution in [0.1, 0.15) is 16.7 Å². The molecule has 1 aromatic carbocycles. The van der Waals surface area contributed by atoms with E-state index in [-0.39, 0.29) is 0 Å². The van der Waals surface area contributed by atoms with Crippen LogP contribution in [0.3, 0.4) is 0 Å². The van der Waals surface area contributed by atoms with Gasteiger partial charge in [-0.05, 0) is 23.1 Å². The molecule has 0 atom stereocenters. The van der Waals surface area contributed by atoms with Crippen molar-refractivity contribution in [3.63, 3.8) is 0 Å². The zero-order valence-corrected chi connectivity index (χ0v) is 9.05. The summed E-state index contributed by atoms with van der Waals surface area (Å²) in [5.41, 5.74) is 3.18. The lowest BCUT2D eigenvalue weighted by atomic mass is 10.1. The largest absolute Gasteiger partial charge is 0.151 e. The van der Waals surface area contributed by atoms with Crippen LogP contribution < -0.4 is 0 Å². The fourth-order valence-electron chi connectivity index (χ4n) is 1.26. The van der Waals surface area contributed by atoms with Crippen LogP contribution in [0.15, 0.2) is 47.7 Å². The third kappa shape index (κ3) is 2.37. The fraction of sp³-hybridized carbons (Fsp3) is 0. The lowest BCUT2D eigenvalue weighted by Crippen LogP contribution is -1.79. The minimum Gasteiger partial charge on any atom is -0.151 e. The maximum Gasteiger partial charge on any atom is 0.0356 e. The third-order valence-corrected chi connectivity index (χ3v) is 2.73. The van der Waals surface area contributed by atoms with Crippen molar-refractivity contribution in [2.24, 2.45) is 0 Å². The topological polar surface area (TPSA) is 0 Å². The second kappa shape index (κ2) is 4.63. The van der Waals surface area contributed by atoms with Gasteiger partial charge in [-0.1, -0.05) is 42.7 Å². The Bertz CT molecular complexity index is 510. The maximum atomic E-state index is 3.77. The second-order valence-corrected chi connectivity index (χ2v) is 3.83. The van der Waals surface area contributed by atoms with E-state index in [1.807, 2.05) is 47.2 Å². The van der Waals surface area contributed by atoms with Crippen molar-refractivity contribution in [3.05, 3.63) is 64.4 Å². The molecular formula is C14H10S. The summed E-state index contributed by atoms with van der Waals surface area (Å²) in [6, 6.07) is 10.0. The molecule has 0 saturated carbocycles. The molecule has 1 heterocycles. The highest BCUT2D eigenvalue weighted by molar-refractivity contribution is 7.08. The van der Waals surface area contributed by atoms with Crippen molar-refractivity contribution < 1.29 is 0 Å². The van der Waals surface area contributed by atoms with Crippen molar-refractivity contribution >= 4 is 17.4 Å². The molecule has 0 N–H and O–H groups in total. The minimum atomic E-state index is 1.03. The van der Waals surface area contributed by atoms with Crippen LogP contribution >= 0.6 is 11.3 Å². The Morgan fingerprint density at radius 1 is 1.13 bits per heavy atom. The van der Waals surface area contributed by atoms with E-state index in [0.717, 1.165) is 16.7 Å². The predicted octanol–water partition coefficient (Wildman–Crippen LogP) is 3.79. The summed E-state index contributed by atoms with van der Waals surface area (Å²) < 4.78 is 0. The van der Waals surface area contributed by atoms with Crippen LogP contribution in [0.5, 0.6) is 0 Å². The van der Waals surface area contributed by atoms with Gasteiger partial charge in [0.25, 0.3) is 0 Å². The molecule has 0 saturated heterocycles. The van der Waals surface area contributed by atoms with Crippen molar-refractivity contribution in [1.82, 2.24) is 0 Å². The van der Waals surface area contributed by atoms with Gasteiger partial charge >= 0.3 is 0 Å². The number of hydrogen-bond acceptors (Lipinski definition) is 1. The molecular weight excluding hydrogens is 200 g/mol. The molecule has 0 aliphatic rings. The van der Waals surface area contributed by atoms with Crippen molar-refractivity contribution in [1.29, 1.82) is 0 Å². The Morgan fingerprint density at radius 3 is 2.73 bits per heavy atom. The van der Waals surface area contributed by atoms with Gasteiger partial charge in [-0.25, -0.2) is 0 Å². The number of thiophene rings is 1. The normalized spacial score (nSPS) is 9.07. The molecule has 0 nitrogen and oxygen atoms in total.